The van der Waals surface area contributed by atoms with Gasteiger partial charge in [0.1, 0.15) is 17.9 Å². The van der Waals surface area contributed by atoms with Gasteiger partial charge >= 0.3 is 11.3 Å². The van der Waals surface area contributed by atoms with E-state index < -0.39 is 10.5 Å². The molecule has 0 fully saturated rings. The molecule has 1 aromatic heterocycles. The molecular weight excluding hydrogens is 302 g/mol. The lowest BCUT2D eigenvalue weighted by Gasteiger charge is -2.08. The Morgan fingerprint density at radius 2 is 1.96 bits per heavy atom. The fourth-order valence-corrected chi connectivity index (χ4v) is 2.22. The van der Waals surface area contributed by atoms with Crippen molar-refractivity contribution in [1.82, 2.24) is 0 Å². The molecule has 0 atom stereocenters. The normalized spacial score (nSPS) is 10.6. The first-order valence-corrected chi connectivity index (χ1v) is 6.66. The Morgan fingerprint density at radius 3 is 2.74 bits per heavy atom. The average molecular weight is 313 g/mol. The highest BCUT2D eigenvalue weighted by atomic mass is 16.6. The number of nitro groups is 1. The molecule has 0 aliphatic carbocycles. The third-order valence-electron chi connectivity index (χ3n) is 3.26. The van der Waals surface area contributed by atoms with E-state index in [9.17, 15) is 20.0 Å². The standard InChI is InChI=1S/C16H11NO6/c18-11-5-6-12-10(7-16(19)23-15(12)8-11)9-22-14-4-2-1-3-13(14)17(20)21/h1-8,18H,9H2. The van der Waals surface area contributed by atoms with Crippen LogP contribution in [-0.4, -0.2) is 10.0 Å². The molecule has 0 spiro atoms. The Balaban J connectivity index is 1.97. The Labute approximate surface area is 129 Å². The molecule has 1 heterocycles. The minimum atomic E-state index is -0.593. The first-order valence-electron chi connectivity index (χ1n) is 6.66. The fraction of sp³-hybridized carbons (Fsp3) is 0.0625. The van der Waals surface area contributed by atoms with E-state index in [0.29, 0.717) is 10.9 Å². The van der Waals surface area contributed by atoms with Crippen molar-refractivity contribution in [3.8, 4) is 11.5 Å². The van der Waals surface area contributed by atoms with Crippen LogP contribution in [0, 0.1) is 10.1 Å². The largest absolute Gasteiger partial charge is 0.508 e. The first kappa shape index (κ1) is 14.6. The minimum Gasteiger partial charge on any atom is -0.508 e. The zero-order valence-electron chi connectivity index (χ0n) is 11.8. The number of para-hydroxylation sites is 2. The zero-order valence-corrected chi connectivity index (χ0v) is 11.8. The number of fused-ring (bicyclic) bond motifs is 1. The third-order valence-corrected chi connectivity index (χ3v) is 3.26. The second-order valence-electron chi connectivity index (χ2n) is 4.78. The van der Waals surface area contributed by atoms with Crippen molar-refractivity contribution in [3.05, 3.63) is 74.6 Å². The van der Waals surface area contributed by atoms with Gasteiger partial charge in [-0.05, 0) is 18.2 Å². The first-order chi connectivity index (χ1) is 11.0. The van der Waals surface area contributed by atoms with E-state index >= 15 is 0 Å². The Bertz CT molecular complexity index is 947. The summed E-state index contributed by atoms with van der Waals surface area (Å²) >= 11 is 0. The van der Waals surface area contributed by atoms with Crippen LogP contribution in [0.2, 0.25) is 0 Å². The summed E-state index contributed by atoms with van der Waals surface area (Å²) < 4.78 is 10.5. The highest BCUT2D eigenvalue weighted by Crippen LogP contribution is 2.28. The van der Waals surface area contributed by atoms with Crippen molar-refractivity contribution in [2.45, 2.75) is 6.61 Å². The molecule has 0 amide bonds. The Hall–Kier alpha value is -3.35. The van der Waals surface area contributed by atoms with Gasteiger partial charge in [-0.25, -0.2) is 4.79 Å². The summed E-state index contributed by atoms with van der Waals surface area (Å²) in [4.78, 5) is 22.0. The van der Waals surface area contributed by atoms with Crippen LogP contribution in [0.25, 0.3) is 11.0 Å². The maximum atomic E-state index is 11.6. The molecule has 7 nitrogen and oxygen atoms in total. The highest BCUT2D eigenvalue weighted by Gasteiger charge is 2.14. The molecule has 3 rings (SSSR count). The summed E-state index contributed by atoms with van der Waals surface area (Å²) in [6.07, 6.45) is 0. The van der Waals surface area contributed by atoms with E-state index in [1.165, 1.54) is 30.3 Å². The van der Waals surface area contributed by atoms with Crippen molar-refractivity contribution in [2.24, 2.45) is 0 Å². The van der Waals surface area contributed by atoms with Crippen LogP contribution in [0.4, 0.5) is 5.69 Å². The summed E-state index contributed by atoms with van der Waals surface area (Å²) in [6, 6.07) is 11.6. The number of phenols is 1. The monoisotopic (exact) mass is 313 g/mol. The number of phenolic OH excluding ortho intramolecular Hbond substituents is 1. The predicted molar refractivity (Wildman–Crippen MR) is 81.6 cm³/mol. The number of hydrogen-bond acceptors (Lipinski definition) is 6. The molecule has 0 aliphatic rings. The van der Waals surface area contributed by atoms with Gasteiger partial charge in [-0.2, -0.15) is 0 Å². The number of ether oxygens (including phenoxy) is 1. The van der Waals surface area contributed by atoms with Gasteiger partial charge in [-0.1, -0.05) is 12.1 Å². The number of benzene rings is 2. The molecule has 7 heteroatoms. The molecule has 116 valence electrons. The molecule has 23 heavy (non-hydrogen) atoms. The number of aromatic hydroxyl groups is 1. The summed E-state index contributed by atoms with van der Waals surface area (Å²) in [6.45, 7) is -0.0439. The van der Waals surface area contributed by atoms with Gasteiger partial charge in [0.2, 0.25) is 0 Å². The molecule has 0 saturated heterocycles. The molecule has 0 bridgehead atoms. The van der Waals surface area contributed by atoms with E-state index in [2.05, 4.69) is 0 Å². The van der Waals surface area contributed by atoms with Gasteiger partial charge in [0.25, 0.3) is 0 Å². The molecule has 0 saturated carbocycles. The maximum Gasteiger partial charge on any atom is 0.336 e. The van der Waals surface area contributed by atoms with Crippen LogP contribution >= 0.6 is 0 Å². The lowest BCUT2D eigenvalue weighted by Crippen LogP contribution is -2.05. The molecule has 1 N–H and O–H groups in total. The summed E-state index contributed by atoms with van der Waals surface area (Å²) in [5, 5.41) is 21.0. The van der Waals surface area contributed by atoms with E-state index in [1.54, 1.807) is 18.2 Å². The smallest absolute Gasteiger partial charge is 0.336 e. The summed E-state index contributed by atoms with van der Waals surface area (Å²) in [5.74, 6) is 0.0788. The quantitative estimate of drug-likeness (QED) is 0.451. The number of nitro benzene ring substituents is 1. The second kappa shape index (κ2) is 5.80. The highest BCUT2D eigenvalue weighted by molar-refractivity contribution is 5.81. The van der Waals surface area contributed by atoms with Crippen LogP contribution in [0.1, 0.15) is 5.56 Å². The molecule has 3 aromatic rings. The van der Waals surface area contributed by atoms with Gasteiger partial charge in [0.15, 0.2) is 5.75 Å². The molecule has 0 aliphatic heterocycles. The molecular formula is C16H11NO6. The lowest BCUT2D eigenvalue weighted by atomic mass is 10.1. The Morgan fingerprint density at radius 1 is 1.17 bits per heavy atom. The van der Waals surface area contributed by atoms with Crippen molar-refractivity contribution >= 4 is 16.7 Å². The van der Waals surface area contributed by atoms with Crippen molar-refractivity contribution in [1.29, 1.82) is 0 Å². The Kier molecular flexibility index (Phi) is 3.68. The number of hydrogen-bond donors (Lipinski definition) is 1. The van der Waals surface area contributed by atoms with Gasteiger partial charge in [-0.15, -0.1) is 0 Å². The van der Waals surface area contributed by atoms with Crippen molar-refractivity contribution in [3.63, 3.8) is 0 Å². The molecule has 0 unspecified atom stereocenters. The minimum absolute atomic E-state index is 0.0302. The summed E-state index contributed by atoms with van der Waals surface area (Å²) in [5.41, 5.74) is -0.0188. The SMILES string of the molecule is O=c1cc(COc2ccccc2[N+](=O)[O-])c2ccc(O)cc2o1. The van der Waals surface area contributed by atoms with Crippen LogP contribution < -0.4 is 10.4 Å². The van der Waals surface area contributed by atoms with Gasteiger partial charge in [0.05, 0.1) is 4.92 Å². The summed E-state index contributed by atoms with van der Waals surface area (Å²) in [7, 11) is 0. The predicted octanol–water partition coefficient (Wildman–Crippen LogP) is 2.99. The van der Waals surface area contributed by atoms with Crippen LogP contribution in [0.15, 0.2) is 57.7 Å². The van der Waals surface area contributed by atoms with Crippen LogP contribution in [-0.2, 0) is 6.61 Å². The van der Waals surface area contributed by atoms with Gasteiger partial charge in [-0.3, -0.25) is 10.1 Å². The average Bonchev–Trinajstić information content (AvgIpc) is 2.52. The lowest BCUT2D eigenvalue weighted by molar-refractivity contribution is -0.385. The van der Waals surface area contributed by atoms with E-state index in [0.717, 1.165) is 0 Å². The maximum absolute atomic E-state index is 11.6. The molecule has 0 radical (unpaired) electrons. The van der Waals surface area contributed by atoms with E-state index in [-0.39, 0.29) is 29.4 Å². The van der Waals surface area contributed by atoms with Crippen molar-refractivity contribution < 1.29 is 19.2 Å². The number of nitrogens with zero attached hydrogens (tertiary/aromatic N) is 1. The number of rotatable bonds is 4. The third kappa shape index (κ3) is 2.98. The topological polar surface area (TPSA) is 103 Å². The van der Waals surface area contributed by atoms with Crippen LogP contribution in [0.3, 0.4) is 0 Å². The van der Waals surface area contributed by atoms with Crippen LogP contribution in [0.5, 0.6) is 11.5 Å². The van der Waals surface area contributed by atoms with Gasteiger partial charge in [0, 0.05) is 29.1 Å². The van der Waals surface area contributed by atoms with Gasteiger partial charge < -0.3 is 14.3 Å². The second-order valence-corrected chi connectivity index (χ2v) is 4.78. The fourth-order valence-electron chi connectivity index (χ4n) is 2.22. The van der Waals surface area contributed by atoms with E-state index in [4.69, 9.17) is 9.15 Å². The zero-order chi connectivity index (χ0) is 16.4. The van der Waals surface area contributed by atoms with E-state index in [1.807, 2.05) is 0 Å². The molecule has 2 aromatic carbocycles. The van der Waals surface area contributed by atoms with Crippen molar-refractivity contribution in [2.75, 3.05) is 0 Å².